The monoisotopic (exact) mass is 617 g/mol. The fourth-order valence-electron chi connectivity index (χ4n) is 3.53. The van der Waals surface area contributed by atoms with E-state index >= 15 is 0 Å². The molecule has 0 saturated heterocycles. The van der Waals surface area contributed by atoms with Gasteiger partial charge >= 0.3 is 12.1 Å². The molecular weight excluding hydrogens is 595 g/mol. The third-order valence-electron chi connectivity index (χ3n) is 5.42. The number of thioether (sulfide) groups is 1. The van der Waals surface area contributed by atoms with E-state index in [2.05, 4.69) is 25.9 Å². The fourth-order valence-corrected chi connectivity index (χ4v) is 4.46. The van der Waals surface area contributed by atoms with Crippen molar-refractivity contribution in [3.05, 3.63) is 95.1 Å². The first kappa shape index (κ1) is 30.5. The number of fused-ring (bicyclic) bond motifs is 6. The van der Waals surface area contributed by atoms with Crippen molar-refractivity contribution < 1.29 is 32.6 Å². The molecule has 1 aliphatic rings. The van der Waals surface area contributed by atoms with Crippen molar-refractivity contribution in [3.8, 4) is 5.75 Å². The lowest BCUT2D eigenvalue weighted by molar-refractivity contribution is -0.192. The SMILES string of the molecule is O=C(NCc1ccccc1)c1cc2cc(c1)OCCSc1cccc(c1)Nc1nc(ncc1Cl)N2.O=C(O)C(F)(F)F. The van der Waals surface area contributed by atoms with Crippen LogP contribution in [0, 0.1) is 0 Å². The molecule has 6 bridgehead atoms. The summed E-state index contributed by atoms with van der Waals surface area (Å²) in [4.78, 5) is 31.8. The van der Waals surface area contributed by atoms with E-state index in [0.717, 1.165) is 21.9 Å². The van der Waals surface area contributed by atoms with Crippen LogP contribution in [-0.4, -0.2) is 45.5 Å². The molecule has 0 spiro atoms. The van der Waals surface area contributed by atoms with E-state index in [1.54, 1.807) is 23.9 Å². The number of rotatable bonds is 3. The lowest BCUT2D eigenvalue weighted by atomic mass is 10.1. The summed E-state index contributed by atoms with van der Waals surface area (Å²) in [5.74, 6) is -0.821. The Bertz CT molecular complexity index is 1560. The number of nitrogens with one attached hydrogen (secondary N) is 3. The topological polar surface area (TPSA) is 125 Å². The van der Waals surface area contributed by atoms with Gasteiger partial charge in [0.1, 0.15) is 10.8 Å². The molecule has 1 aromatic heterocycles. The molecule has 0 unspecified atom stereocenters. The molecule has 1 amide bonds. The zero-order chi connectivity index (χ0) is 30.1. The van der Waals surface area contributed by atoms with Gasteiger partial charge in [-0.1, -0.05) is 48.0 Å². The average Bonchev–Trinajstić information content (AvgIpc) is 2.96. The summed E-state index contributed by atoms with van der Waals surface area (Å²) >= 11 is 8.02. The number of alkyl halides is 3. The number of amides is 1. The van der Waals surface area contributed by atoms with E-state index in [1.165, 1.54) is 6.20 Å². The van der Waals surface area contributed by atoms with Gasteiger partial charge in [0.25, 0.3) is 5.91 Å². The quantitative estimate of drug-likeness (QED) is 0.200. The van der Waals surface area contributed by atoms with Crippen LogP contribution in [0.3, 0.4) is 0 Å². The van der Waals surface area contributed by atoms with E-state index in [1.807, 2.05) is 60.7 Å². The van der Waals surface area contributed by atoms with Crippen LogP contribution in [0.15, 0.2) is 83.9 Å². The van der Waals surface area contributed by atoms with Crippen molar-refractivity contribution in [3.63, 3.8) is 0 Å². The zero-order valence-corrected chi connectivity index (χ0v) is 23.2. The molecule has 2 heterocycles. The number of aliphatic carboxylic acids is 1. The molecule has 0 fully saturated rings. The molecule has 0 aliphatic carbocycles. The Morgan fingerprint density at radius 1 is 1.02 bits per heavy atom. The summed E-state index contributed by atoms with van der Waals surface area (Å²) in [5.41, 5.74) is 2.99. The van der Waals surface area contributed by atoms with Crippen molar-refractivity contribution in [1.82, 2.24) is 15.3 Å². The standard InChI is InChI=1S/C26H22ClN5O2S.C2HF3O2/c27-23-16-29-26-31-20-11-18(25(33)28-15-17-5-2-1-3-6-17)12-21(13-20)34-9-10-35-22-8-4-7-19(14-22)30-24(23)32-26;3-2(4,5)1(6)7/h1-8,11-14,16H,9-10,15H2,(H,28,33)(H2,29,30,31,32);(H,6,7). The van der Waals surface area contributed by atoms with Crippen LogP contribution in [0.25, 0.3) is 0 Å². The summed E-state index contributed by atoms with van der Waals surface area (Å²) < 4.78 is 37.7. The number of carbonyl (C=O) groups excluding carboxylic acids is 1. The Morgan fingerprint density at radius 2 is 1.79 bits per heavy atom. The molecule has 9 nitrogen and oxygen atoms in total. The number of hydrogen-bond donors (Lipinski definition) is 4. The van der Waals surface area contributed by atoms with Gasteiger partial charge in [-0.05, 0) is 35.9 Å². The second kappa shape index (κ2) is 13.9. The smallest absolute Gasteiger partial charge is 0.490 e. The van der Waals surface area contributed by atoms with Crippen LogP contribution < -0.4 is 20.7 Å². The molecule has 14 heteroatoms. The van der Waals surface area contributed by atoms with Crippen molar-refractivity contribution in [1.29, 1.82) is 0 Å². The number of carboxylic acids is 1. The summed E-state index contributed by atoms with van der Waals surface area (Å²) in [7, 11) is 0. The molecule has 5 rings (SSSR count). The Labute approximate surface area is 247 Å². The molecule has 1 aliphatic heterocycles. The van der Waals surface area contributed by atoms with Gasteiger partial charge in [-0.25, -0.2) is 9.78 Å². The Balaban J connectivity index is 0.000000517. The van der Waals surface area contributed by atoms with Crippen molar-refractivity contribution in [2.45, 2.75) is 17.6 Å². The van der Waals surface area contributed by atoms with Gasteiger partial charge in [-0.3, -0.25) is 4.79 Å². The molecule has 4 aromatic rings. The molecular formula is C28H23ClF3N5O4S. The first-order chi connectivity index (χ1) is 20.1. The first-order valence-corrected chi connectivity index (χ1v) is 13.6. The van der Waals surface area contributed by atoms with E-state index in [-0.39, 0.29) is 5.91 Å². The highest BCUT2D eigenvalue weighted by atomic mass is 35.5. The number of carboxylic acid groups (broad SMARTS) is 1. The normalized spacial score (nSPS) is 12.5. The maximum Gasteiger partial charge on any atom is 0.490 e. The fraction of sp³-hybridized carbons (Fsp3) is 0.143. The molecule has 0 saturated carbocycles. The molecule has 0 radical (unpaired) electrons. The number of benzene rings is 3. The Kier molecular flexibility index (Phi) is 10.1. The largest absolute Gasteiger partial charge is 0.493 e. The number of nitrogens with zero attached hydrogens (tertiary/aromatic N) is 2. The van der Waals surface area contributed by atoms with Gasteiger partial charge in [0.15, 0.2) is 5.82 Å². The van der Waals surface area contributed by atoms with Gasteiger partial charge < -0.3 is 25.8 Å². The summed E-state index contributed by atoms with van der Waals surface area (Å²) in [6.07, 6.45) is -3.55. The highest BCUT2D eigenvalue weighted by Crippen LogP contribution is 2.29. The second-order valence-electron chi connectivity index (χ2n) is 8.58. The molecule has 42 heavy (non-hydrogen) atoms. The van der Waals surface area contributed by atoms with Crippen LogP contribution in [0.5, 0.6) is 5.75 Å². The van der Waals surface area contributed by atoms with E-state index in [4.69, 9.17) is 26.2 Å². The second-order valence-corrected chi connectivity index (χ2v) is 10.2. The third-order valence-corrected chi connectivity index (χ3v) is 6.66. The van der Waals surface area contributed by atoms with Crippen LogP contribution in [0.4, 0.5) is 36.3 Å². The van der Waals surface area contributed by atoms with Gasteiger partial charge in [-0.15, -0.1) is 11.8 Å². The van der Waals surface area contributed by atoms with Crippen LogP contribution >= 0.6 is 23.4 Å². The van der Waals surface area contributed by atoms with Gasteiger partial charge in [0, 0.05) is 40.2 Å². The Hall–Kier alpha value is -4.49. The predicted molar refractivity (Wildman–Crippen MR) is 154 cm³/mol. The van der Waals surface area contributed by atoms with E-state index < -0.39 is 12.1 Å². The van der Waals surface area contributed by atoms with Crippen LogP contribution in [-0.2, 0) is 11.3 Å². The highest BCUT2D eigenvalue weighted by molar-refractivity contribution is 7.99. The molecule has 4 N–H and O–H groups in total. The molecule has 0 atom stereocenters. The minimum absolute atomic E-state index is 0.204. The number of hydrogen-bond acceptors (Lipinski definition) is 8. The van der Waals surface area contributed by atoms with Crippen LogP contribution in [0.2, 0.25) is 5.02 Å². The number of carbonyl (C=O) groups is 2. The maximum atomic E-state index is 13.0. The zero-order valence-electron chi connectivity index (χ0n) is 21.6. The van der Waals surface area contributed by atoms with Crippen molar-refractivity contribution in [2.75, 3.05) is 23.0 Å². The van der Waals surface area contributed by atoms with Gasteiger partial charge in [0.05, 0.1) is 12.8 Å². The lowest BCUT2D eigenvalue weighted by Crippen LogP contribution is -2.23. The lowest BCUT2D eigenvalue weighted by Gasteiger charge is -2.13. The molecule has 218 valence electrons. The predicted octanol–water partition coefficient (Wildman–Crippen LogP) is 6.67. The first-order valence-electron chi connectivity index (χ1n) is 12.3. The average molecular weight is 618 g/mol. The van der Waals surface area contributed by atoms with Gasteiger partial charge in [0.2, 0.25) is 5.95 Å². The summed E-state index contributed by atoms with van der Waals surface area (Å²) in [6.45, 7) is 0.908. The highest BCUT2D eigenvalue weighted by Gasteiger charge is 2.38. The Morgan fingerprint density at radius 3 is 2.52 bits per heavy atom. The minimum Gasteiger partial charge on any atom is -0.493 e. The van der Waals surface area contributed by atoms with E-state index in [0.29, 0.717) is 46.9 Å². The van der Waals surface area contributed by atoms with Crippen LogP contribution in [0.1, 0.15) is 15.9 Å². The third kappa shape index (κ3) is 9.01. The van der Waals surface area contributed by atoms with Gasteiger partial charge in [-0.2, -0.15) is 18.2 Å². The number of halogens is 4. The van der Waals surface area contributed by atoms with Crippen molar-refractivity contribution >= 4 is 58.4 Å². The number of aromatic nitrogens is 2. The number of anilines is 4. The number of ether oxygens (including phenoxy) is 1. The summed E-state index contributed by atoms with van der Waals surface area (Å²) in [5, 5.41) is 16.9. The maximum absolute atomic E-state index is 13.0. The molecule has 3 aromatic carbocycles. The van der Waals surface area contributed by atoms with E-state index in [9.17, 15) is 18.0 Å². The van der Waals surface area contributed by atoms with Crippen molar-refractivity contribution in [2.24, 2.45) is 0 Å². The minimum atomic E-state index is -5.08. The summed E-state index contributed by atoms with van der Waals surface area (Å²) in [6, 6.07) is 23.1.